The molecule has 6 heterocycles. The zero-order valence-electron chi connectivity index (χ0n) is 22.1. The molecule has 4 aliphatic heterocycles. The van der Waals surface area contributed by atoms with Gasteiger partial charge in [-0.15, -0.1) is 0 Å². The number of nitrogens with zero attached hydrogens (tertiary/aromatic N) is 8. The molecule has 10 rings (SSSR count). The standard InChI is InChI=1S/C32H16N8.2ClH.Sn/c1-2-10-18-17(9-1)25-33-26(18)38-28-21-13-5-6-14-22(21)30(35-28)40-32-24-16-8-7-15-23(24)31(36-32)39-29-20-12-4-3-11-19(20)27(34-29)37-25;;;/h1-16H;2*1H;/q-2;;;+4/p-2. The van der Waals surface area contributed by atoms with Crippen molar-refractivity contribution in [3.63, 3.8) is 0 Å². The van der Waals surface area contributed by atoms with Gasteiger partial charge in [0, 0.05) is 0 Å². The van der Waals surface area contributed by atoms with Crippen LogP contribution in [0.2, 0.25) is 0 Å². The first kappa shape index (κ1) is 24.1. The normalized spacial score (nSPS) is 16.8. The van der Waals surface area contributed by atoms with Crippen LogP contribution in [-0.4, -0.2) is 45.6 Å². The molecule has 0 saturated heterocycles. The molecule has 4 aliphatic rings. The minimum atomic E-state index is -4.90. The van der Waals surface area contributed by atoms with Gasteiger partial charge >= 0.3 is 257 Å². The Balaban J connectivity index is 1.53. The summed E-state index contributed by atoms with van der Waals surface area (Å²) in [7, 11) is 15.7. The van der Waals surface area contributed by atoms with Crippen LogP contribution in [-0.2, 0) is 0 Å². The van der Waals surface area contributed by atoms with Crippen LogP contribution >= 0.6 is 17.8 Å². The topological polar surface area (TPSA) is 84.0 Å². The quantitative estimate of drug-likeness (QED) is 0.178. The number of halogens is 2. The maximum absolute atomic E-state index is 7.85. The van der Waals surface area contributed by atoms with Crippen LogP contribution in [0.25, 0.3) is 21.5 Å². The van der Waals surface area contributed by atoms with Crippen LogP contribution in [0.5, 0.6) is 0 Å². The molecule has 2 aromatic heterocycles. The van der Waals surface area contributed by atoms with Crippen molar-refractivity contribution in [1.29, 1.82) is 0 Å². The fraction of sp³-hybridized carbons (Fsp3) is 0. The molecule has 202 valence electrons. The number of fused-ring (bicyclic) bond motifs is 14. The van der Waals surface area contributed by atoms with Crippen LogP contribution < -0.4 is 11.0 Å². The summed E-state index contributed by atoms with van der Waals surface area (Å²) in [4.78, 5) is 30.8. The van der Waals surface area contributed by atoms with Gasteiger partial charge in [-0.05, 0) is 0 Å². The van der Waals surface area contributed by atoms with Crippen LogP contribution in [0.15, 0.2) is 127 Å². The molecule has 11 heteroatoms. The first-order valence-corrected chi connectivity index (χ1v) is 23.5. The number of aromatic nitrogens is 2. The third-order valence-electron chi connectivity index (χ3n) is 8.29. The Morgan fingerprint density at radius 1 is 0.395 bits per heavy atom. The van der Waals surface area contributed by atoms with Crippen molar-refractivity contribution in [3.05, 3.63) is 130 Å². The summed E-state index contributed by atoms with van der Waals surface area (Å²) in [5.74, 6) is 3.45. The number of hydrogen-bond donors (Lipinski definition) is 0. The Morgan fingerprint density at radius 3 is 1.16 bits per heavy atom. The van der Waals surface area contributed by atoms with E-state index in [-0.39, 0.29) is 0 Å². The van der Waals surface area contributed by atoms with Crippen molar-refractivity contribution in [1.82, 2.24) is 5.58 Å². The zero-order valence-corrected chi connectivity index (χ0v) is 26.4. The third-order valence-corrected chi connectivity index (χ3v) is 18.3. The summed E-state index contributed by atoms with van der Waals surface area (Å²) in [6, 6.07) is 32.1. The van der Waals surface area contributed by atoms with E-state index in [2.05, 4.69) is 0 Å². The number of benzene rings is 4. The van der Waals surface area contributed by atoms with Gasteiger partial charge in [0.05, 0.1) is 0 Å². The number of rotatable bonds is 0. The molecule has 0 radical (unpaired) electrons. The van der Waals surface area contributed by atoms with Crippen molar-refractivity contribution in [2.75, 3.05) is 0 Å². The average Bonchev–Trinajstić information content (AvgIpc) is 3.74. The van der Waals surface area contributed by atoms with E-state index in [0.717, 1.165) is 43.8 Å². The van der Waals surface area contributed by atoms with Gasteiger partial charge in [0.25, 0.3) is 0 Å². The van der Waals surface area contributed by atoms with Gasteiger partial charge in [0.1, 0.15) is 0 Å². The molecule has 43 heavy (non-hydrogen) atoms. The molecule has 0 spiro atoms. The van der Waals surface area contributed by atoms with Crippen molar-refractivity contribution < 1.29 is 0 Å². The van der Waals surface area contributed by atoms with Crippen molar-refractivity contribution >= 4 is 91.0 Å². The monoisotopic (exact) mass is 702 g/mol. The SMILES string of the molecule is [Cl][Sn]1([Cl])[n]2c3c4ccccc4c2N=C2N=C(N=c4c5ccccc5c([n]41)=NC1=NC(=N3)c3ccccc31)c1ccccc12. The average molecular weight is 702 g/mol. The zero-order chi connectivity index (χ0) is 28.4. The molecule has 0 N–H and O–H groups in total. The summed E-state index contributed by atoms with van der Waals surface area (Å²) in [6.45, 7) is 0. The fourth-order valence-electron chi connectivity index (χ4n) is 6.41. The fourth-order valence-corrected chi connectivity index (χ4v) is 16.1. The predicted octanol–water partition coefficient (Wildman–Crippen LogP) is 5.85. The molecule has 0 fully saturated rings. The minimum absolute atomic E-state index is 0.557. The van der Waals surface area contributed by atoms with E-state index in [1.54, 1.807) is 0 Å². The van der Waals surface area contributed by atoms with Crippen molar-refractivity contribution in [2.45, 2.75) is 0 Å². The molecular weight excluding hydrogens is 686 g/mol. The van der Waals surface area contributed by atoms with E-state index in [1.165, 1.54) is 0 Å². The van der Waals surface area contributed by atoms with Crippen LogP contribution in [0.4, 0.5) is 11.6 Å². The Morgan fingerprint density at radius 2 is 0.744 bits per heavy atom. The van der Waals surface area contributed by atoms with E-state index in [9.17, 15) is 0 Å². The second-order valence-electron chi connectivity index (χ2n) is 10.6. The molecule has 0 saturated carbocycles. The molecule has 4 aromatic carbocycles. The molecular formula is C32H16Cl2N8Sn. The first-order chi connectivity index (χ1) is 21.1. The van der Waals surface area contributed by atoms with Gasteiger partial charge in [-0.3, -0.25) is 0 Å². The molecule has 0 unspecified atom stereocenters. The maximum atomic E-state index is 7.85. The second kappa shape index (κ2) is 8.37. The molecule has 6 bridgehead atoms. The number of aliphatic imine (C=N–C) groups is 4. The van der Waals surface area contributed by atoms with Crippen molar-refractivity contribution in [3.8, 4) is 0 Å². The summed E-state index contributed by atoms with van der Waals surface area (Å²) in [5.41, 5.74) is 4.80. The molecule has 0 amide bonds. The van der Waals surface area contributed by atoms with E-state index in [0.29, 0.717) is 46.0 Å². The number of amidine groups is 4. The van der Waals surface area contributed by atoms with Gasteiger partial charge in [-0.1, -0.05) is 0 Å². The van der Waals surface area contributed by atoms with Crippen LogP contribution in [0.1, 0.15) is 22.3 Å². The van der Waals surface area contributed by atoms with Crippen molar-refractivity contribution in [2.24, 2.45) is 30.0 Å². The van der Waals surface area contributed by atoms with Gasteiger partial charge in [-0.25, -0.2) is 0 Å². The van der Waals surface area contributed by atoms with Gasteiger partial charge < -0.3 is 0 Å². The Kier molecular flexibility index (Phi) is 4.69. The van der Waals surface area contributed by atoms with Gasteiger partial charge in [0.2, 0.25) is 0 Å². The van der Waals surface area contributed by atoms with E-state index >= 15 is 0 Å². The predicted molar refractivity (Wildman–Crippen MR) is 173 cm³/mol. The van der Waals surface area contributed by atoms with E-state index in [4.69, 9.17) is 47.8 Å². The van der Waals surface area contributed by atoms with E-state index < -0.39 is 16.7 Å². The third kappa shape index (κ3) is 3.12. The number of hydrogen-bond acceptors (Lipinski definition) is 6. The van der Waals surface area contributed by atoms with Gasteiger partial charge in [-0.2, -0.15) is 0 Å². The van der Waals surface area contributed by atoms with E-state index in [1.807, 2.05) is 103 Å². The first-order valence-electron chi connectivity index (χ1n) is 13.7. The van der Waals surface area contributed by atoms with Gasteiger partial charge in [0.15, 0.2) is 0 Å². The Hall–Kier alpha value is -4.38. The molecule has 8 nitrogen and oxygen atoms in total. The summed E-state index contributed by atoms with van der Waals surface area (Å²) >= 11 is -4.90. The summed E-state index contributed by atoms with van der Waals surface area (Å²) < 4.78 is 3.92. The van der Waals surface area contributed by atoms with Crippen LogP contribution in [0, 0.1) is 0 Å². The summed E-state index contributed by atoms with van der Waals surface area (Å²) in [5, 5.41) is 3.51. The molecule has 0 atom stereocenters. The second-order valence-corrected chi connectivity index (χ2v) is 24.5. The molecule has 6 aromatic rings. The summed E-state index contributed by atoms with van der Waals surface area (Å²) in [6.07, 6.45) is 0. The Labute approximate surface area is 255 Å². The Bertz CT molecular complexity index is 2390. The molecule has 0 aliphatic carbocycles. The van der Waals surface area contributed by atoms with Crippen LogP contribution in [0.3, 0.4) is 0 Å².